The minimum absolute atomic E-state index is 0.117. The van der Waals surface area contributed by atoms with E-state index in [1.165, 1.54) is 15.9 Å². The van der Waals surface area contributed by atoms with Gasteiger partial charge in [-0.2, -0.15) is 9.50 Å². The Bertz CT molecular complexity index is 1250. The Morgan fingerprint density at radius 3 is 2.92 bits per heavy atom. The van der Waals surface area contributed by atoms with E-state index >= 15 is 0 Å². The first kappa shape index (κ1) is 15.5. The molecule has 0 bridgehead atoms. The third kappa shape index (κ3) is 2.48. The lowest BCUT2D eigenvalue weighted by atomic mass is 10.0. The zero-order valence-corrected chi connectivity index (χ0v) is 15.4. The summed E-state index contributed by atoms with van der Waals surface area (Å²) >= 11 is 2.91. The first-order valence-corrected chi connectivity index (χ1v) is 9.81. The molecule has 0 radical (unpaired) electrons. The topological polar surface area (TPSA) is 56.5 Å². The normalized spacial score (nSPS) is 17.2. The number of thiophene rings is 1. The van der Waals surface area contributed by atoms with Gasteiger partial charge in [-0.15, -0.1) is 16.4 Å². The second-order valence-corrected chi connectivity index (χ2v) is 7.92. The Morgan fingerprint density at radius 1 is 1.23 bits per heavy atom. The van der Waals surface area contributed by atoms with Crippen molar-refractivity contribution in [3.05, 3.63) is 67.8 Å². The molecule has 1 aliphatic rings. The van der Waals surface area contributed by atoms with Crippen molar-refractivity contribution in [3.63, 3.8) is 0 Å². The van der Waals surface area contributed by atoms with E-state index < -0.39 is 0 Å². The van der Waals surface area contributed by atoms with Crippen LogP contribution in [0.15, 0.2) is 52.1 Å². The van der Waals surface area contributed by atoms with Gasteiger partial charge in [-0.3, -0.25) is 4.79 Å². The third-order valence-corrected chi connectivity index (χ3v) is 6.06. The van der Waals surface area contributed by atoms with Crippen LogP contribution in [0.5, 0.6) is 5.75 Å². The van der Waals surface area contributed by atoms with Gasteiger partial charge >= 0.3 is 0 Å². The summed E-state index contributed by atoms with van der Waals surface area (Å²) in [5.41, 5.74) is 1.83. The number of benzene rings is 1. The van der Waals surface area contributed by atoms with Crippen molar-refractivity contribution >= 4 is 39.8 Å². The van der Waals surface area contributed by atoms with E-state index in [2.05, 4.69) is 16.2 Å². The van der Waals surface area contributed by atoms with Crippen molar-refractivity contribution < 1.29 is 4.74 Å². The Hall–Kier alpha value is -2.77. The molecule has 0 saturated heterocycles. The minimum Gasteiger partial charge on any atom is -0.485 e. The number of thiazole rings is 1. The second kappa shape index (κ2) is 5.89. The lowest BCUT2D eigenvalue weighted by Crippen LogP contribution is -2.26. The fourth-order valence-electron chi connectivity index (χ4n) is 2.92. The van der Waals surface area contributed by atoms with E-state index in [4.69, 9.17) is 4.74 Å². The van der Waals surface area contributed by atoms with Gasteiger partial charge in [0.1, 0.15) is 11.9 Å². The van der Waals surface area contributed by atoms with Crippen LogP contribution in [-0.2, 0) is 0 Å². The number of fused-ring (bicyclic) bond motifs is 2. The summed E-state index contributed by atoms with van der Waals surface area (Å²) in [4.78, 5) is 18.8. The number of hydrogen-bond donors (Lipinski definition) is 0. The fraction of sp³-hybridized carbons (Fsp3) is 0.105. The summed E-state index contributed by atoms with van der Waals surface area (Å²) in [6.07, 6.45) is 3.83. The lowest BCUT2D eigenvalue weighted by molar-refractivity contribution is 0.259. The Kier molecular flexibility index (Phi) is 3.51. The molecule has 26 heavy (non-hydrogen) atoms. The molecule has 4 heterocycles. The smallest absolute Gasteiger partial charge is 0.291 e. The molecule has 0 aliphatic carbocycles. The highest BCUT2D eigenvalue weighted by atomic mass is 32.1. The standard InChI is InChI=1S/C19H13N3O2S2/c1-11-13(9-12-5-2-3-6-14(12)24-11)10-16-18(23)22-19(26-16)20-17(21-22)15-7-4-8-25-15/h2-11H,1H3/b16-10+. The van der Waals surface area contributed by atoms with Gasteiger partial charge in [0.25, 0.3) is 5.56 Å². The van der Waals surface area contributed by atoms with Gasteiger partial charge in [-0.1, -0.05) is 35.6 Å². The van der Waals surface area contributed by atoms with Crippen LogP contribution in [-0.4, -0.2) is 20.7 Å². The van der Waals surface area contributed by atoms with Crippen LogP contribution in [0.2, 0.25) is 0 Å². The largest absolute Gasteiger partial charge is 0.485 e. The molecule has 3 aromatic heterocycles. The highest BCUT2D eigenvalue weighted by molar-refractivity contribution is 7.15. The van der Waals surface area contributed by atoms with Gasteiger partial charge in [0, 0.05) is 5.56 Å². The molecule has 0 N–H and O–H groups in total. The van der Waals surface area contributed by atoms with Crippen LogP contribution >= 0.6 is 22.7 Å². The maximum absolute atomic E-state index is 12.7. The Labute approximate surface area is 156 Å². The highest BCUT2D eigenvalue weighted by Crippen LogP contribution is 2.29. The molecule has 5 rings (SSSR count). The lowest BCUT2D eigenvalue weighted by Gasteiger charge is -2.22. The van der Waals surface area contributed by atoms with Gasteiger partial charge in [0.15, 0.2) is 5.82 Å². The van der Waals surface area contributed by atoms with Crippen LogP contribution < -0.4 is 14.8 Å². The summed E-state index contributed by atoms with van der Waals surface area (Å²) in [7, 11) is 0. The molecule has 1 unspecified atom stereocenters. The van der Waals surface area contributed by atoms with E-state index in [-0.39, 0.29) is 11.7 Å². The van der Waals surface area contributed by atoms with E-state index in [0.29, 0.717) is 15.3 Å². The minimum atomic E-state index is -0.146. The van der Waals surface area contributed by atoms with E-state index in [0.717, 1.165) is 21.8 Å². The Morgan fingerprint density at radius 2 is 2.12 bits per heavy atom. The molecule has 7 heteroatoms. The molecular formula is C19H13N3O2S2. The molecule has 1 atom stereocenters. The van der Waals surface area contributed by atoms with E-state index in [1.807, 2.05) is 54.8 Å². The van der Waals surface area contributed by atoms with Gasteiger partial charge in [-0.05, 0) is 42.2 Å². The molecule has 5 nitrogen and oxygen atoms in total. The van der Waals surface area contributed by atoms with Crippen molar-refractivity contribution in [1.29, 1.82) is 0 Å². The van der Waals surface area contributed by atoms with Gasteiger partial charge in [0.2, 0.25) is 4.96 Å². The summed E-state index contributed by atoms with van der Waals surface area (Å²) in [6, 6.07) is 11.8. The van der Waals surface area contributed by atoms with Crippen LogP contribution in [0.25, 0.3) is 27.8 Å². The van der Waals surface area contributed by atoms with Crippen LogP contribution in [0.4, 0.5) is 0 Å². The number of ether oxygens (including phenoxy) is 1. The summed E-state index contributed by atoms with van der Waals surface area (Å²) in [5, 5.41) is 6.34. The number of rotatable bonds is 2. The maximum atomic E-state index is 12.7. The molecule has 1 aliphatic heterocycles. The number of hydrogen-bond acceptors (Lipinski definition) is 6. The number of aromatic nitrogens is 3. The average Bonchev–Trinajstić information content (AvgIpc) is 3.35. The van der Waals surface area contributed by atoms with Gasteiger partial charge < -0.3 is 4.74 Å². The Balaban J connectivity index is 1.61. The first-order valence-electron chi connectivity index (χ1n) is 8.11. The summed E-state index contributed by atoms with van der Waals surface area (Å²) in [5.74, 6) is 1.46. The predicted octanol–water partition coefficient (Wildman–Crippen LogP) is 3.24. The van der Waals surface area contributed by atoms with Crippen LogP contribution in [0.3, 0.4) is 0 Å². The van der Waals surface area contributed by atoms with Crippen molar-refractivity contribution in [2.75, 3.05) is 0 Å². The number of para-hydroxylation sites is 1. The molecule has 4 aromatic rings. The van der Waals surface area contributed by atoms with E-state index in [9.17, 15) is 4.79 Å². The molecule has 0 spiro atoms. The monoisotopic (exact) mass is 379 g/mol. The molecule has 1 aromatic carbocycles. The predicted molar refractivity (Wildman–Crippen MR) is 105 cm³/mol. The summed E-state index contributed by atoms with van der Waals surface area (Å²) < 4.78 is 7.94. The van der Waals surface area contributed by atoms with Crippen molar-refractivity contribution in [1.82, 2.24) is 14.6 Å². The molecule has 128 valence electrons. The molecular weight excluding hydrogens is 366 g/mol. The maximum Gasteiger partial charge on any atom is 0.291 e. The SMILES string of the molecule is CC1Oc2ccccc2C=C1/C=c1/sc2nc(-c3cccs3)nn2c1=O. The molecule has 0 saturated carbocycles. The molecule has 0 fully saturated rings. The third-order valence-electron chi connectivity index (χ3n) is 4.24. The number of nitrogens with zero attached hydrogens (tertiary/aromatic N) is 3. The van der Waals surface area contributed by atoms with Crippen LogP contribution in [0.1, 0.15) is 12.5 Å². The second-order valence-electron chi connectivity index (χ2n) is 5.97. The van der Waals surface area contributed by atoms with Crippen LogP contribution in [0, 0.1) is 0 Å². The zero-order chi connectivity index (χ0) is 17.7. The fourth-order valence-corrected chi connectivity index (χ4v) is 4.48. The van der Waals surface area contributed by atoms with Gasteiger partial charge in [0.05, 0.1) is 9.41 Å². The van der Waals surface area contributed by atoms with E-state index in [1.54, 1.807) is 11.3 Å². The van der Waals surface area contributed by atoms with Gasteiger partial charge in [-0.25, -0.2) is 0 Å². The quantitative estimate of drug-likeness (QED) is 0.537. The summed E-state index contributed by atoms with van der Waals surface area (Å²) in [6.45, 7) is 1.98. The first-order chi connectivity index (χ1) is 12.7. The van der Waals surface area contributed by atoms with Crippen molar-refractivity contribution in [2.45, 2.75) is 13.0 Å². The highest BCUT2D eigenvalue weighted by Gasteiger charge is 2.18. The van der Waals surface area contributed by atoms with Crippen molar-refractivity contribution in [3.8, 4) is 16.5 Å². The average molecular weight is 379 g/mol. The zero-order valence-electron chi connectivity index (χ0n) is 13.7. The van der Waals surface area contributed by atoms with Crippen molar-refractivity contribution in [2.24, 2.45) is 0 Å². The molecule has 0 amide bonds.